The molecule has 0 radical (unpaired) electrons. The molecule has 0 fully saturated rings. The highest BCUT2D eigenvalue weighted by Gasteiger charge is 2.24. The molecule has 1 nitrogen and oxygen atoms in total. The summed E-state index contributed by atoms with van der Waals surface area (Å²) in [6.07, 6.45) is 3.92. The molecule has 0 aliphatic rings. The minimum atomic E-state index is -0.191. The number of rotatable bonds is 4. The molecule has 3 heteroatoms. The van der Waals surface area contributed by atoms with Gasteiger partial charge in [-0.25, -0.2) is 0 Å². The summed E-state index contributed by atoms with van der Waals surface area (Å²) in [6, 6.07) is 0. The maximum absolute atomic E-state index is 11.3. The first-order valence-electron chi connectivity index (χ1n) is 3.12. The number of thioether (sulfide) groups is 2. The Morgan fingerprint density at radius 2 is 1.90 bits per heavy atom. The van der Waals surface area contributed by atoms with Crippen LogP contribution in [0.5, 0.6) is 0 Å². The molecule has 0 aromatic heterocycles. The fourth-order valence-corrected chi connectivity index (χ4v) is 1.43. The molecule has 0 aliphatic heterocycles. The van der Waals surface area contributed by atoms with E-state index in [4.69, 9.17) is 0 Å². The third-order valence-corrected chi connectivity index (χ3v) is 3.26. The van der Waals surface area contributed by atoms with E-state index < -0.39 is 0 Å². The molecule has 0 aromatic carbocycles. The Labute approximate surface area is 71.3 Å². The minimum Gasteiger partial charge on any atom is -0.297 e. The molecule has 0 heterocycles. The van der Waals surface area contributed by atoms with Crippen molar-refractivity contribution >= 4 is 29.3 Å². The molecule has 0 amide bonds. The first kappa shape index (κ1) is 10.4. The van der Waals surface area contributed by atoms with Crippen LogP contribution in [-0.2, 0) is 4.79 Å². The van der Waals surface area contributed by atoms with E-state index in [0.29, 0.717) is 11.5 Å². The van der Waals surface area contributed by atoms with Gasteiger partial charge in [0.05, 0.1) is 10.5 Å². The average Bonchev–Trinajstić information content (AvgIpc) is 1.89. The molecule has 0 saturated carbocycles. The topological polar surface area (TPSA) is 17.1 Å². The van der Waals surface area contributed by atoms with Crippen LogP contribution in [0.4, 0.5) is 0 Å². The number of carbonyl (C=O) groups is 1. The van der Waals surface area contributed by atoms with Crippen LogP contribution in [0.1, 0.15) is 13.8 Å². The summed E-state index contributed by atoms with van der Waals surface area (Å²) in [5, 5.41) is 0. The normalized spacial score (nSPS) is 11.6. The standard InChI is InChI=1S/C7H14OS2/c1-7(2,10-4)6(8)5-9-3/h5H2,1-4H3. The van der Waals surface area contributed by atoms with Gasteiger partial charge in [-0.05, 0) is 26.4 Å². The van der Waals surface area contributed by atoms with Gasteiger partial charge < -0.3 is 0 Å². The van der Waals surface area contributed by atoms with Gasteiger partial charge in [0, 0.05) is 0 Å². The van der Waals surface area contributed by atoms with E-state index in [0.717, 1.165) is 0 Å². The summed E-state index contributed by atoms with van der Waals surface area (Å²) in [5.74, 6) is 0.959. The first-order chi connectivity index (χ1) is 4.54. The third-order valence-electron chi connectivity index (χ3n) is 1.46. The van der Waals surface area contributed by atoms with Gasteiger partial charge in [-0.15, -0.1) is 0 Å². The molecular formula is C7H14OS2. The van der Waals surface area contributed by atoms with Gasteiger partial charge >= 0.3 is 0 Å². The average molecular weight is 178 g/mol. The van der Waals surface area contributed by atoms with Gasteiger partial charge in [0.25, 0.3) is 0 Å². The molecule has 0 unspecified atom stereocenters. The quantitative estimate of drug-likeness (QED) is 0.656. The van der Waals surface area contributed by atoms with E-state index in [-0.39, 0.29) is 4.75 Å². The number of carbonyl (C=O) groups excluding carboxylic acids is 1. The molecule has 0 aliphatic carbocycles. The van der Waals surface area contributed by atoms with Crippen molar-refractivity contribution in [3.05, 3.63) is 0 Å². The second-order valence-corrected chi connectivity index (χ2v) is 4.87. The monoisotopic (exact) mass is 178 g/mol. The van der Waals surface area contributed by atoms with Crippen LogP contribution in [0.25, 0.3) is 0 Å². The zero-order chi connectivity index (χ0) is 8.20. The van der Waals surface area contributed by atoms with Crippen molar-refractivity contribution in [2.45, 2.75) is 18.6 Å². The second-order valence-electron chi connectivity index (χ2n) is 2.57. The van der Waals surface area contributed by atoms with E-state index in [1.165, 1.54) is 0 Å². The molecule has 10 heavy (non-hydrogen) atoms. The molecule has 0 saturated heterocycles. The Morgan fingerprint density at radius 3 is 2.20 bits per heavy atom. The zero-order valence-electron chi connectivity index (χ0n) is 6.93. The fourth-order valence-electron chi connectivity index (χ4n) is 0.419. The van der Waals surface area contributed by atoms with Crippen molar-refractivity contribution in [3.8, 4) is 0 Å². The van der Waals surface area contributed by atoms with Gasteiger partial charge in [0.1, 0.15) is 0 Å². The van der Waals surface area contributed by atoms with Gasteiger partial charge in [-0.3, -0.25) is 4.79 Å². The van der Waals surface area contributed by atoms with Crippen molar-refractivity contribution in [1.82, 2.24) is 0 Å². The number of ketones is 1. The van der Waals surface area contributed by atoms with Crippen LogP contribution in [0.15, 0.2) is 0 Å². The first-order valence-corrected chi connectivity index (χ1v) is 5.74. The van der Waals surface area contributed by atoms with Crippen molar-refractivity contribution in [2.75, 3.05) is 18.3 Å². The van der Waals surface area contributed by atoms with Crippen molar-refractivity contribution < 1.29 is 4.79 Å². The number of Topliss-reactive ketones (excluding diaryl/α,β-unsaturated/α-hetero) is 1. The summed E-state index contributed by atoms with van der Waals surface area (Å²) in [4.78, 5) is 11.3. The van der Waals surface area contributed by atoms with E-state index in [2.05, 4.69) is 0 Å². The van der Waals surface area contributed by atoms with E-state index >= 15 is 0 Å². The highest BCUT2D eigenvalue weighted by atomic mass is 32.2. The largest absolute Gasteiger partial charge is 0.297 e. The van der Waals surface area contributed by atoms with Crippen LogP contribution in [0.2, 0.25) is 0 Å². The molecule has 0 spiro atoms. The molecule has 0 N–H and O–H groups in total. The SMILES string of the molecule is CSCC(=O)C(C)(C)SC. The second kappa shape index (κ2) is 4.29. The summed E-state index contributed by atoms with van der Waals surface area (Å²) >= 11 is 3.20. The van der Waals surface area contributed by atoms with Gasteiger partial charge in [0.2, 0.25) is 0 Å². The Balaban J connectivity index is 3.91. The van der Waals surface area contributed by atoms with Crippen LogP contribution in [0.3, 0.4) is 0 Å². The van der Waals surface area contributed by atoms with Crippen molar-refractivity contribution in [3.63, 3.8) is 0 Å². The van der Waals surface area contributed by atoms with Crippen molar-refractivity contribution in [1.29, 1.82) is 0 Å². The third kappa shape index (κ3) is 2.97. The molecular weight excluding hydrogens is 164 g/mol. The highest BCUT2D eigenvalue weighted by Crippen LogP contribution is 2.23. The Morgan fingerprint density at radius 1 is 1.40 bits per heavy atom. The van der Waals surface area contributed by atoms with Crippen LogP contribution in [-0.4, -0.2) is 28.8 Å². The van der Waals surface area contributed by atoms with Crippen LogP contribution < -0.4 is 0 Å². The number of hydrogen-bond acceptors (Lipinski definition) is 3. The van der Waals surface area contributed by atoms with Gasteiger partial charge in [-0.2, -0.15) is 23.5 Å². The Kier molecular flexibility index (Phi) is 4.45. The lowest BCUT2D eigenvalue weighted by Crippen LogP contribution is -2.28. The van der Waals surface area contributed by atoms with Gasteiger partial charge in [0.15, 0.2) is 5.78 Å². The summed E-state index contributed by atoms with van der Waals surface area (Å²) in [6.45, 7) is 3.94. The highest BCUT2D eigenvalue weighted by molar-refractivity contribution is 8.01. The minimum absolute atomic E-state index is 0.191. The summed E-state index contributed by atoms with van der Waals surface area (Å²) in [7, 11) is 0. The molecule has 0 aromatic rings. The molecule has 60 valence electrons. The lowest BCUT2D eigenvalue weighted by atomic mass is 10.1. The maximum atomic E-state index is 11.3. The predicted molar refractivity (Wildman–Crippen MR) is 51.0 cm³/mol. The lowest BCUT2D eigenvalue weighted by molar-refractivity contribution is -0.118. The maximum Gasteiger partial charge on any atom is 0.158 e. The zero-order valence-corrected chi connectivity index (χ0v) is 8.56. The predicted octanol–water partition coefficient (Wildman–Crippen LogP) is 2.06. The number of hydrogen-bond donors (Lipinski definition) is 0. The van der Waals surface area contributed by atoms with E-state index in [9.17, 15) is 4.79 Å². The van der Waals surface area contributed by atoms with Crippen molar-refractivity contribution in [2.24, 2.45) is 0 Å². The van der Waals surface area contributed by atoms with E-state index in [1.807, 2.05) is 26.4 Å². The Hall–Kier alpha value is 0.370. The molecule has 0 rings (SSSR count). The van der Waals surface area contributed by atoms with Gasteiger partial charge in [-0.1, -0.05) is 0 Å². The van der Waals surface area contributed by atoms with Crippen LogP contribution in [0, 0.1) is 0 Å². The van der Waals surface area contributed by atoms with Crippen LogP contribution >= 0.6 is 23.5 Å². The summed E-state index contributed by atoms with van der Waals surface area (Å²) < 4.78 is -0.191. The smallest absolute Gasteiger partial charge is 0.158 e. The van der Waals surface area contributed by atoms with E-state index in [1.54, 1.807) is 23.5 Å². The lowest BCUT2D eigenvalue weighted by Gasteiger charge is -2.19. The Bertz CT molecular complexity index is 121. The molecule has 0 bridgehead atoms. The fraction of sp³-hybridized carbons (Fsp3) is 0.857. The molecule has 0 atom stereocenters. The summed E-state index contributed by atoms with van der Waals surface area (Å²) in [5.41, 5.74) is 0.